The molecule has 0 saturated heterocycles. The third-order valence-electron chi connectivity index (χ3n) is 2.78. The quantitative estimate of drug-likeness (QED) is 0.608. The summed E-state index contributed by atoms with van der Waals surface area (Å²) in [7, 11) is 0. The van der Waals surface area contributed by atoms with Gasteiger partial charge in [0, 0.05) is 12.3 Å². The third kappa shape index (κ3) is 2.48. The molecule has 0 rings (SSSR count). The molecule has 0 saturated carbocycles. The van der Waals surface area contributed by atoms with Gasteiger partial charge in [-0.3, -0.25) is 4.79 Å². The lowest BCUT2D eigenvalue weighted by atomic mass is 9.84. The Morgan fingerprint density at radius 1 is 1.33 bits per heavy atom. The molecule has 0 N–H and O–H groups in total. The maximum absolute atomic E-state index is 11.4. The summed E-state index contributed by atoms with van der Waals surface area (Å²) in [5.74, 6) is 0.257. The lowest BCUT2D eigenvalue weighted by Gasteiger charge is -2.29. The number of Topliss-reactive ketones (excluding diaryl/α,β-unsaturated/α-hetero) is 1. The number of hydrogen-bond donors (Lipinski definition) is 0. The summed E-state index contributed by atoms with van der Waals surface area (Å²) in [5.41, 5.74) is 0. The van der Waals surface area contributed by atoms with Crippen LogP contribution in [-0.4, -0.2) is 10.7 Å². The zero-order valence-electron chi connectivity index (χ0n) is 8.48. The molecule has 0 bridgehead atoms. The Kier molecular flexibility index (Phi) is 4.84. The van der Waals surface area contributed by atoms with Gasteiger partial charge in [-0.1, -0.05) is 27.7 Å². The van der Waals surface area contributed by atoms with Gasteiger partial charge in [0.05, 0.1) is 4.87 Å². The van der Waals surface area contributed by atoms with E-state index in [9.17, 15) is 4.79 Å². The molecule has 0 amide bonds. The normalized spacial score (nSPS) is 14.4. The van der Waals surface area contributed by atoms with Crippen molar-refractivity contribution in [1.82, 2.24) is 0 Å². The van der Waals surface area contributed by atoms with Crippen LogP contribution in [0.25, 0.3) is 0 Å². The second kappa shape index (κ2) is 4.86. The highest BCUT2D eigenvalue weighted by molar-refractivity contribution is 6.25. The summed E-state index contributed by atoms with van der Waals surface area (Å²) in [5, 5.41) is 0. The fraction of sp³-hybridized carbons (Fsp3) is 0.900. The minimum atomic E-state index is -0.312. The van der Waals surface area contributed by atoms with Gasteiger partial charge in [-0.2, -0.15) is 0 Å². The van der Waals surface area contributed by atoms with Gasteiger partial charge in [0.1, 0.15) is 5.78 Å². The van der Waals surface area contributed by atoms with Crippen molar-refractivity contribution < 1.29 is 4.79 Å². The summed E-state index contributed by atoms with van der Waals surface area (Å²) in [6.07, 6.45) is 2.31. The first-order chi connectivity index (χ1) is 5.51. The van der Waals surface area contributed by atoms with Crippen LogP contribution in [0, 0.1) is 5.92 Å². The second-order valence-corrected chi connectivity index (χ2v) is 4.04. The van der Waals surface area contributed by atoms with Crippen molar-refractivity contribution in [2.24, 2.45) is 5.92 Å². The van der Waals surface area contributed by atoms with Crippen LogP contribution < -0.4 is 0 Å². The van der Waals surface area contributed by atoms with Crippen molar-refractivity contribution in [3.05, 3.63) is 0 Å². The van der Waals surface area contributed by atoms with E-state index in [4.69, 9.17) is 11.6 Å². The molecule has 0 aliphatic rings. The molecule has 0 aliphatic heterocycles. The standard InChI is InChI=1S/C10H19ClO/c1-5-9(12)8(4)10(11,6-2)7-3/h8H,5-7H2,1-4H3. The number of hydrogen-bond acceptors (Lipinski definition) is 1. The predicted octanol–water partition coefficient (Wildman–Crippen LogP) is 3.40. The van der Waals surface area contributed by atoms with E-state index in [1.54, 1.807) is 0 Å². The van der Waals surface area contributed by atoms with E-state index in [-0.39, 0.29) is 16.6 Å². The molecule has 0 aromatic rings. The zero-order valence-corrected chi connectivity index (χ0v) is 9.24. The van der Waals surface area contributed by atoms with Gasteiger partial charge in [-0.15, -0.1) is 11.6 Å². The van der Waals surface area contributed by atoms with Crippen molar-refractivity contribution in [1.29, 1.82) is 0 Å². The van der Waals surface area contributed by atoms with Crippen LogP contribution in [0.4, 0.5) is 0 Å². The largest absolute Gasteiger partial charge is 0.299 e. The average Bonchev–Trinajstić information content (AvgIpc) is 2.14. The fourth-order valence-electron chi connectivity index (χ4n) is 1.46. The van der Waals surface area contributed by atoms with Crippen molar-refractivity contribution in [3.63, 3.8) is 0 Å². The molecular weight excluding hydrogens is 172 g/mol. The lowest BCUT2D eigenvalue weighted by Crippen LogP contribution is -2.34. The molecule has 0 aromatic carbocycles. The molecule has 0 fully saturated rings. The average molecular weight is 191 g/mol. The Morgan fingerprint density at radius 3 is 2.00 bits per heavy atom. The highest BCUT2D eigenvalue weighted by Crippen LogP contribution is 2.33. The lowest BCUT2D eigenvalue weighted by molar-refractivity contribution is -0.123. The first-order valence-electron chi connectivity index (χ1n) is 4.73. The number of halogens is 1. The van der Waals surface area contributed by atoms with E-state index in [0.717, 1.165) is 12.8 Å². The Balaban J connectivity index is 4.40. The molecule has 1 atom stereocenters. The summed E-state index contributed by atoms with van der Waals surface area (Å²) in [6, 6.07) is 0. The minimum Gasteiger partial charge on any atom is -0.299 e. The predicted molar refractivity (Wildman–Crippen MR) is 53.6 cm³/mol. The number of carbonyl (C=O) groups is 1. The topological polar surface area (TPSA) is 17.1 Å². The summed E-state index contributed by atoms with van der Waals surface area (Å²) in [4.78, 5) is 11.1. The van der Waals surface area contributed by atoms with Gasteiger partial charge >= 0.3 is 0 Å². The third-order valence-corrected chi connectivity index (χ3v) is 3.64. The molecular formula is C10H19ClO. The van der Waals surface area contributed by atoms with Crippen molar-refractivity contribution in [2.45, 2.75) is 51.8 Å². The highest BCUT2D eigenvalue weighted by atomic mass is 35.5. The summed E-state index contributed by atoms with van der Waals surface area (Å²) >= 11 is 6.31. The van der Waals surface area contributed by atoms with Crippen LogP contribution in [0.15, 0.2) is 0 Å². The van der Waals surface area contributed by atoms with Crippen LogP contribution in [-0.2, 0) is 4.79 Å². The van der Waals surface area contributed by atoms with Crippen LogP contribution in [0.2, 0.25) is 0 Å². The molecule has 72 valence electrons. The first-order valence-corrected chi connectivity index (χ1v) is 5.11. The summed E-state index contributed by atoms with van der Waals surface area (Å²) < 4.78 is 0. The number of ketones is 1. The molecule has 0 aromatic heterocycles. The van der Waals surface area contributed by atoms with Gasteiger partial charge in [0.15, 0.2) is 0 Å². The molecule has 1 nitrogen and oxygen atoms in total. The van der Waals surface area contributed by atoms with E-state index in [1.807, 2.05) is 27.7 Å². The zero-order chi connectivity index (χ0) is 9.78. The number of rotatable bonds is 5. The first kappa shape index (κ1) is 12.0. The van der Waals surface area contributed by atoms with E-state index in [0.29, 0.717) is 6.42 Å². The Hall–Kier alpha value is -0.0400. The molecule has 12 heavy (non-hydrogen) atoms. The molecule has 0 radical (unpaired) electrons. The molecule has 0 heterocycles. The number of carbonyl (C=O) groups excluding carboxylic acids is 1. The SMILES string of the molecule is CCC(=O)C(C)C(Cl)(CC)CC. The Morgan fingerprint density at radius 2 is 1.75 bits per heavy atom. The maximum atomic E-state index is 11.4. The van der Waals surface area contributed by atoms with Crippen LogP contribution in [0.5, 0.6) is 0 Å². The monoisotopic (exact) mass is 190 g/mol. The van der Waals surface area contributed by atoms with Gasteiger partial charge in [-0.05, 0) is 12.8 Å². The van der Waals surface area contributed by atoms with Gasteiger partial charge in [0.25, 0.3) is 0 Å². The van der Waals surface area contributed by atoms with Gasteiger partial charge < -0.3 is 0 Å². The van der Waals surface area contributed by atoms with E-state index in [2.05, 4.69) is 0 Å². The van der Waals surface area contributed by atoms with Crippen LogP contribution in [0.1, 0.15) is 47.0 Å². The van der Waals surface area contributed by atoms with Crippen molar-refractivity contribution >= 4 is 17.4 Å². The van der Waals surface area contributed by atoms with E-state index in [1.165, 1.54) is 0 Å². The number of alkyl halides is 1. The molecule has 1 unspecified atom stereocenters. The summed E-state index contributed by atoms with van der Waals surface area (Å²) in [6.45, 7) is 7.90. The Labute approximate surface area is 80.5 Å². The van der Waals surface area contributed by atoms with E-state index >= 15 is 0 Å². The maximum Gasteiger partial charge on any atom is 0.137 e. The second-order valence-electron chi connectivity index (χ2n) is 3.28. The van der Waals surface area contributed by atoms with Crippen LogP contribution in [0.3, 0.4) is 0 Å². The minimum absolute atomic E-state index is 0.0147. The van der Waals surface area contributed by atoms with Crippen LogP contribution >= 0.6 is 11.6 Å². The van der Waals surface area contributed by atoms with Crippen molar-refractivity contribution in [3.8, 4) is 0 Å². The van der Waals surface area contributed by atoms with Gasteiger partial charge in [0.2, 0.25) is 0 Å². The molecule has 2 heteroatoms. The molecule has 0 aliphatic carbocycles. The van der Waals surface area contributed by atoms with Gasteiger partial charge in [-0.25, -0.2) is 0 Å². The molecule has 0 spiro atoms. The fourth-order valence-corrected chi connectivity index (χ4v) is 1.58. The Bertz CT molecular complexity index is 150. The van der Waals surface area contributed by atoms with Crippen molar-refractivity contribution in [2.75, 3.05) is 0 Å². The highest BCUT2D eigenvalue weighted by Gasteiger charge is 2.33. The smallest absolute Gasteiger partial charge is 0.137 e. The van der Waals surface area contributed by atoms with E-state index < -0.39 is 0 Å².